The van der Waals surface area contributed by atoms with Crippen LogP contribution in [-0.4, -0.2) is 37.2 Å². The third-order valence-corrected chi connectivity index (χ3v) is 3.73. The Morgan fingerprint density at radius 2 is 2.11 bits per heavy atom. The van der Waals surface area contributed by atoms with E-state index < -0.39 is 38.4 Å². The maximum absolute atomic E-state index is 13.8. The molecule has 1 atom stereocenters. The third kappa shape index (κ3) is 3.87. The maximum Gasteiger partial charge on any atom is 0.338 e. The second-order valence-corrected chi connectivity index (χ2v) is 5.94. The van der Waals surface area contributed by atoms with Gasteiger partial charge in [-0.3, -0.25) is 0 Å². The Bertz CT molecular complexity index is 602. The highest BCUT2D eigenvalue weighted by Gasteiger charge is 2.25. The fraction of sp³-hybridized carbons (Fsp3) is 0.300. The summed E-state index contributed by atoms with van der Waals surface area (Å²) in [6.07, 6.45) is -0.976. The number of rotatable bonds is 5. The predicted octanol–water partition coefficient (Wildman–Crippen LogP) is 0.836. The van der Waals surface area contributed by atoms with Crippen LogP contribution in [0.3, 0.4) is 0 Å². The van der Waals surface area contributed by atoms with E-state index in [1.165, 1.54) is 6.92 Å². The van der Waals surface area contributed by atoms with Crippen molar-refractivity contribution in [3.8, 4) is 0 Å². The minimum Gasteiger partial charge on any atom is -0.478 e. The number of carboxylic acid groups (broad SMARTS) is 1. The van der Waals surface area contributed by atoms with E-state index in [0.717, 1.165) is 12.1 Å². The molecule has 0 aromatic heterocycles. The number of aliphatic hydroxyl groups is 1. The summed E-state index contributed by atoms with van der Waals surface area (Å²) in [4.78, 5) is 9.89. The molecule has 0 aliphatic carbocycles. The van der Waals surface area contributed by atoms with Crippen molar-refractivity contribution in [2.45, 2.75) is 17.9 Å². The van der Waals surface area contributed by atoms with Gasteiger partial charge in [-0.2, -0.15) is 0 Å². The topological polar surface area (TPSA) is 104 Å². The number of sulfonamides is 1. The molecule has 0 saturated carbocycles. The molecule has 1 aromatic carbocycles. The number of carbonyl (C=O) groups is 1. The van der Waals surface area contributed by atoms with Crippen LogP contribution in [0.1, 0.15) is 17.3 Å². The molecule has 106 valence electrons. The number of halogens is 2. The fourth-order valence-electron chi connectivity index (χ4n) is 1.22. The quantitative estimate of drug-likeness (QED) is 0.747. The van der Waals surface area contributed by atoms with Crippen LogP contribution in [0, 0.1) is 5.82 Å². The summed E-state index contributed by atoms with van der Waals surface area (Å²) >= 11 is 5.56. The normalized spacial score (nSPS) is 13.3. The Morgan fingerprint density at radius 3 is 2.58 bits per heavy atom. The zero-order chi connectivity index (χ0) is 14.8. The Balaban J connectivity index is 3.31. The average molecular weight is 312 g/mol. The number of hydrogen-bond acceptors (Lipinski definition) is 4. The van der Waals surface area contributed by atoms with E-state index in [0.29, 0.717) is 0 Å². The monoisotopic (exact) mass is 311 g/mol. The molecule has 3 N–H and O–H groups in total. The van der Waals surface area contributed by atoms with Gasteiger partial charge in [0.1, 0.15) is 4.90 Å². The molecule has 6 nitrogen and oxygen atoms in total. The lowest BCUT2D eigenvalue weighted by Gasteiger charge is -2.10. The minimum absolute atomic E-state index is 0.226. The van der Waals surface area contributed by atoms with Gasteiger partial charge in [-0.25, -0.2) is 22.3 Å². The van der Waals surface area contributed by atoms with Crippen LogP contribution in [0.2, 0.25) is 5.02 Å². The maximum atomic E-state index is 13.8. The molecule has 1 unspecified atom stereocenters. The van der Waals surface area contributed by atoms with E-state index >= 15 is 0 Å². The summed E-state index contributed by atoms with van der Waals surface area (Å²) < 4.78 is 39.3. The summed E-state index contributed by atoms with van der Waals surface area (Å²) in [6.45, 7) is 0.996. The standard InChI is InChI=1S/C10H11ClFNO5S/c1-5(14)4-13-19(17,18)8-3-6(11)2-7(9(8)12)10(15)16/h2-3,5,13-14H,4H2,1H3,(H,15,16). The summed E-state index contributed by atoms with van der Waals surface area (Å²) in [7, 11) is -4.30. The van der Waals surface area contributed by atoms with Gasteiger partial charge in [0.25, 0.3) is 0 Å². The van der Waals surface area contributed by atoms with Gasteiger partial charge in [-0.15, -0.1) is 0 Å². The first-order chi connectivity index (χ1) is 8.65. The second-order valence-electron chi connectivity index (χ2n) is 3.77. The highest BCUT2D eigenvalue weighted by atomic mass is 35.5. The SMILES string of the molecule is CC(O)CNS(=O)(=O)c1cc(Cl)cc(C(=O)O)c1F. The Morgan fingerprint density at radius 1 is 1.53 bits per heavy atom. The first-order valence-electron chi connectivity index (χ1n) is 5.05. The zero-order valence-electron chi connectivity index (χ0n) is 9.72. The zero-order valence-corrected chi connectivity index (χ0v) is 11.3. The van der Waals surface area contributed by atoms with Crippen molar-refractivity contribution in [2.24, 2.45) is 0 Å². The van der Waals surface area contributed by atoms with Gasteiger partial charge in [-0.1, -0.05) is 11.6 Å². The van der Waals surface area contributed by atoms with Crippen molar-refractivity contribution in [1.29, 1.82) is 0 Å². The van der Waals surface area contributed by atoms with Crippen molar-refractivity contribution in [3.63, 3.8) is 0 Å². The molecule has 0 fully saturated rings. The van der Waals surface area contributed by atoms with E-state index in [2.05, 4.69) is 0 Å². The summed E-state index contributed by atoms with van der Waals surface area (Å²) in [6, 6.07) is 1.61. The third-order valence-electron chi connectivity index (χ3n) is 2.09. The molecule has 0 aliphatic heterocycles. The van der Waals surface area contributed by atoms with E-state index in [9.17, 15) is 17.6 Å². The average Bonchev–Trinajstić information content (AvgIpc) is 2.28. The number of nitrogens with one attached hydrogen (secondary N) is 1. The summed E-state index contributed by atoms with van der Waals surface area (Å²) in [5, 5.41) is 17.5. The molecular weight excluding hydrogens is 301 g/mol. The van der Waals surface area contributed by atoms with Gasteiger partial charge in [0.05, 0.1) is 11.7 Å². The Kier molecular flexibility index (Phi) is 4.86. The van der Waals surface area contributed by atoms with Crippen LogP contribution in [0.25, 0.3) is 0 Å². The minimum atomic E-state index is -4.30. The number of aromatic carboxylic acids is 1. The molecule has 19 heavy (non-hydrogen) atoms. The van der Waals surface area contributed by atoms with E-state index in [1.807, 2.05) is 4.72 Å². The molecular formula is C10H11ClFNO5S. The highest BCUT2D eigenvalue weighted by Crippen LogP contribution is 2.23. The number of hydrogen-bond donors (Lipinski definition) is 3. The molecule has 0 radical (unpaired) electrons. The van der Waals surface area contributed by atoms with Gasteiger partial charge < -0.3 is 10.2 Å². The van der Waals surface area contributed by atoms with Crippen LogP contribution in [0.15, 0.2) is 17.0 Å². The summed E-state index contributed by atoms with van der Waals surface area (Å²) in [5.74, 6) is -3.04. The lowest BCUT2D eigenvalue weighted by Crippen LogP contribution is -2.31. The van der Waals surface area contributed by atoms with E-state index in [-0.39, 0.29) is 11.6 Å². The molecule has 0 aliphatic rings. The Hall–Kier alpha value is -1.22. The first kappa shape index (κ1) is 15.8. The molecule has 0 heterocycles. The largest absolute Gasteiger partial charge is 0.478 e. The van der Waals surface area contributed by atoms with Gasteiger partial charge >= 0.3 is 5.97 Å². The summed E-state index contributed by atoms with van der Waals surface area (Å²) in [5.41, 5.74) is -0.843. The van der Waals surface area contributed by atoms with Crippen LogP contribution in [0.5, 0.6) is 0 Å². The van der Waals surface area contributed by atoms with Crippen molar-refractivity contribution >= 4 is 27.6 Å². The van der Waals surface area contributed by atoms with Crippen molar-refractivity contribution < 1.29 is 27.8 Å². The predicted molar refractivity (Wildman–Crippen MR) is 65.2 cm³/mol. The second kappa shape index (κ2) is 5.83. The number of benzene rings is 1. The van der Waals surface area contributed by atoms with Crippen LogP contribution >= 0.6 is 11.6 Å². The first-order valence-corrected chi connectivity index (χ1v) is 6.91. The molecule has 1 rings (SSSR count). The van der Waals surface area contributed by atoms with E-state index in [4.69, 9.17) is 21.8 Å². The lowest BCUT2D eigenvalue weighted by atomic mass is 10.2. The van der Waals surface area contributed by atoms with Crippen molar-refractivity contribution in [1.82, 2.24) is 4.72 Å². The fourth-order valence-corrected chi connectivity index (χ4v) is 2.75. The molecule has 0 spiro atoms. The van der Waals surface area contributed by atoms with Crippen molar-refractivity contribution in [2.75, 3.05) is 6.54 Å². The lowest BCUT2D eigenvalue weighted by molar-refractivity contribution is 0.0691. The number of carboxylic acids is 1. The van der Waals surface area contributed by atoms with Gasteiger partial charge in [0, 0.05) is 11.6 Å². The van der Waals surface area contributed by atoms with Gasteiger partial charge in [0.2, 0.25) is 10.0 Å². The molecule has 0 bridgehead atoms. The van der Waals surface area contributed by atoms with E-state index in [1.54, 1.807) is 0 Å². The molecule has 0 amide bonds. The molecule has 1 aromatic rings. The van der Waals surface area contributed by atoms with Crippen LogP contribution < -0.4 is 4.72 Å². The van der Waals surface area contributed by atoms with Gasteiger partial charge in [-0.05, 0) is 19.1 Å². The smallest absolute Gasteiger partial charge is 0.338 e. The van der Waals surface area contributed by atoms with Crippen LogP contribution in [-0.2, 0) is 10.0 Å². The van der Waals surface area contributed by atoms with Gasteiger partial charge in [0.15, 0.2) is 5.82 Å². The van der Waals surface area contributed by atoms with Crippen molar-refractivity contribution in [3.05, 3.63) is 28.5 Å². The number of aliphatic hydroxyl groups excluding tert-OH is 1. The Labute approximate surface area is 113 Å². The van der Waals surface area contributed by atoms with Crippen LogP contribution in [0.4, 0.5) is 4.39 Å². The molecule has 0 saturated heterocycles. The highest BCUT2D eigenvalue weighted by molar-refractivity contribution is 7.89. The molecule has 9 heteroatoms.